The average Bonchev–Trinajstić information content (AvgIpc) is 3.22. The molecule has 0 amide bonds. The van der Waals surface area contributed by atoms with Gasteiger partial charge in [-0.3, -0.25) is 5.32 Å². The second kappa shape index (κ2) is 9.70. The first-order valence-corrected chi connectivity index (χ1v) is 10.6. The van der Waals surface area contributed by atoms with Gasteiger partial charge in [-0.05, 0) is 48.9 Å². The summed E-state index contributed by atoms with van der Waals surface area (Å²) in [7, 11) is 0. The second-order valence-electron chi connectivity index (χ2n) is 7.17. The Morgan fingerprint density at radius 2 is 1.85 bits per heavy atom. The summed E-state index contributed by atoms with van der Waals surface area (Å²) < 4.78 is 13.5. The van der Waals surface area contributed by atoms with Gasteiger partial charge in [0.15, 0.2) is 6.61 Å². The predicted octanol–water partition coefficient (Wildman–Crippen LogP) is 2.56. The van der Waals surface area contributed by atoms with Gasteiger partial charge >= 0.3 is 17.3 Å². The minimum absolute atomic E-state index is 0.150. The lowest BCUT2D eigenvalue weighted by atomic mass is 10.2. The first kappa shape index (κ1) is 22.3. The standard InChI is InChI=1S/C22H21ClN6O4/c1-3-28-21(30)25-20(29(22(28)31)12-15-4-6-16(23)7-5-15)24-17-8-10-18(11-9-17)32-13-19-27-26-14(2)33-19/h4-11H,3,12-13H2,1-2H3,(H,24,25,30)/p+1. The Kier molecular flexibility index (Phi) is 6.55. The van der Waals surface area contributed by atoms with Crippen LogP contribution in [-0.4, -0.2) is 19.7 Å². The number of halogens is 1. The molecule has 10 nitrogen and oxygen atoms in total. The van der Waals surface area contributed by atoms with Crippen molar-refractivity contribution in [3.8, 4) is 5.75 Å². The fraction of sp³-hybridized carbons (Fsp3) is 0.227. The molecule has 2 aromatic carbocycles. The van der Waals surface area contributed by atoms with Crippen molar-refractivity contribution in [3.05, 3.63) is 91.9 Å². The molecular formula is C22H22ClN6O4+. The number of rotatable bonds is 8. The quantitative estimate of drug-likeness (QED) is 0.380. The maximum Gasteiger partial charge on any atom is 0.421 e. The topological polar surface area (TPSA) is 119 Å². The third-order valence-corrected chi connectivity index (χ3v) is 5.07. The summed E-state index contributed by atoms with van der Waals surface area (Å²) >= 11 is 5.97. The van der Waals surface area contributed by atoms with Crippen LogP contribution >= 0.6 is 11.6 Å². The lowest BCUT2D eigenvalue weighted by molar-refractivity contribution is -0.696. The van der Waals surface area contributed by atoms with Gasteiger partial charge in [-0.25, -0.2) is 14.6 Å². The van der Waals surface area contributed by atoms with E-state index in [1.54, 1.807) is 50.2 Å². The molecular weight excluding hydrogens is 448 g/mol. The summed E-state index contributed by atoms with van der Waals surface area (Å²) in [5.74, 6) is 1.71. The van der Waals surface area contributed by atoms with Crippen LogP contribution in [0.3, 0.4) is 0 Å². The molecule has 0 bridgehead atoms. The van der Waals surface area contributed by atoms with Gasteiger partial charge in [-0.15, -0.1) is 10.2 Å². The van der Waals surface area contributed by atoms with Crippen molar-refractivity contribution in [3.63, 3.8) is 0 Å². The summed E-state index contributed by atoms with van der Waals surface area (Å²) in [6.45, 7) is 4.10. The largest absolute Gasteiger partial charge is 0.484 e. The van der Waals surface area contributed by atoms with Crippen molar-refractivity contribution < 1.29 is 13.7 Å². The Morgan fingerprint density at radius 1 is 1.12 bits per heavy atom. The van der Waals surface area contributed by atoms with Gasteiger partial charge in [-0.1, -0.05) is 23.7 Å². The average molecular weight is 470 g/mol. The number of aromatic amines is 1. The lowest BCUT2D eigenvalue weighted by Gasteiger charge is -2.10. The SMILES string of the molecule is CCn1c(=O)[nH]c(Nc2ccc(OCc3nnc(C)o3)cc2)[n+](Cc2ccc(Cl)cc2)c1=O. The molecule has 0 aliphatic carbocycles. The van der Waals surface area contributed by atoms with Crippen LogP contribution in [0.25, 0.3) is 0 Å². The van der Waals surface area contributed by atoms with Crippen LogP contribution < -0.4 is 26.0 Å². The van der Waals surface area contributed by atoms with Gasteiger partial charge in [0.25, 0.3) is 5.89 Å². The number of aryl methyl sites for hydroxylation is 1. The monoisotopic (exact) mass is 469 g/mol. The van der Waals surface area contributed by atoms with Crippen LogP contribution in [0.5, 0.6) is 5.75 Å². The molecule has 0 aliphatic rings. The summed E-state index contributed by atoms with van der Waals surface area (Å²) in [6.07, 6.45) is 0. The highest BCUT2D eigenvalue weighted by Crippen LogP contribution is 2.18. The van der Waals surface area contributed by atoms with Crippen LogP contribution in [-0.2, 0) is 19.7 Å². The first-order chi connectivity index (χ1) is 15.9. The normalized spacial score (nSPS) is 10.9. The smallest absolute Gasteiger partial charge is 0.421 e. The van der Waals surface area contributed by atoms with Crippen molar-refractivity contribution in [2.75, 3.05) is 5.32 Å². The number of hydrogen-bond acceptors (Lipinski definition) is 7. The highest BCUT2D eigenvalue weighted by molar-refractivity contribution is 6.30. The van der Waals surface area contributed by atoms with E-state index in [4.69, 9.17) is 20.8 Å². The van der Waals surface area contributed by atoms with Crippen molar-refractivity contribution in [1.82, 2.24) is 19.7 Å². The van der Waals surface area contributed by atoms with Gasteiger partial charge in [-0.2, -0.15) is 9.13 Å². The molecule has 0 spiro atoms. The van der Waals surface area contributed by atoms with Crippen LogP contribution in [0.1, 0.15) is 24.3 Å². The van der Waals surface area contributed by atoms with Gasteiger partial charge in [0.1, 0.15) is 5.75 Å². The molecule has 2 aromatic heterocycles. The minimum atomic E-state index is -0.493. The number of aromatic nitrogens is 5. The van der Waals surface area contributed by atoms with Gasteiger partial charge < -0.3 is 9.15 Å². The Bertz CT molecular complexity index is 1360. The Labute approximate surface area is 193 Å². The highest BCUT2D eigenvalue weighted by Gasteiger charge is 2.19. The number of nitrogens with one attached hydrogen (secondary N) is 2. The molecule has 0 atom stereocenters. The Hall–Kier alpha value is -3.92. The van der Waals surface area contributed by atoms with Crippen molar-refractivity contribution in [1.29, 1.82) is 0 Å². The molecule has 0 radical (unpaired) electrons. The van der Waals surface area contributed by atoms with Gasteiger partial charge in [0.05, 0.1) is 18.8 Å². The van der Waals surface area contributed by atoms with E-state index in [1.165, 1.54) is 4.57 Å². The fourth-order valence-electron chi connectivity index (χ4n) is 3.17. The third kappa shape index (κ3) is 5.29. The van der Waals surface area contributed by atoms with Crippen molar-refractivity contribution >= 4 is 23.2 Å². The third-order valence-electron chi connectivity index (χ3n) is 4.82. The molecule has 4 aromatic rings. The Morgan fingerprint density at radius 3 is 2.48 bits per heavy atom. The van der Waals surface area contributed by atoms with Crippen LogP contribution in [0.15, 0.2) is 62.5 Å². The molecule has 0 saturated carbocycles. The van der Waals surface area contributed by atoms with Crippen molar-refractivity contribution in [2.24, 2.45) is 0 Å². The van der Waals surface area contributed by atoms with E-state index in [9.17, 15) is 9.59 Å². The molecule has 33 heavy (non-hydrogen) atoms. The zero-order valence-corrected chi connectivity index (χ0v) is 18.8. The summed E-state index contributed by atoms with van der Waals surface area (Å²) in [5.41, 5.74) is 0.602. The number of benzene rings is 2. The molecule has 2 heterocycles. The molecule has 0 fully saturated rings. The predicted molar refractivity (Wildman–Crippen MR) is 121 cm³/mol. The van der Waals surface area contributed by atoms with E-state index in [1.807, 2.05) is 12.1 Å². The summed E-state index contributed by atoms with van der Waals surface area (Å²) in [4.78, 5) is 28.1. The fourth-order valence-corrected chi connectivity index (χ4v) is 3.30. The van der Waals surface area contributed by atoms with Crippen molar-refractivity contribution in [2.45, 2.75) is 33.5 Å². The van der Waals surface area contributed by atoms with Crippen LogP contribution in [0, 0.1) is 6.92 Å². The number of ether oxygens (including phenoxy) is 1. The van der Waals surface area contributed by atoms with E-state index in [0.717, 1.165) is 10.1 Å². The number of hydrogen-bond donors (Lipinski definition) is 2. The molecule has 4 rings (SSSR count). The van der Waals surface area contributed by atoms with Crippen LogP contribution in [0.2, 0.25) is 5.02 Å². The highest BCUT2D eigenvalue weighted by atomic mass is 35.5. The summed E-state index contributed by atoms with van der Waals surface area (Å²) in [5, 5.41) is 11.4. The number of nitrogens with zero attached hydrogens (tertiary/aromatic N) is 4. The van der Waals surface area contributed by atoms with Gasteiger partial charge in [0.2, 0.25) is 5.89 Å². The first-order valence-electron chi connectivity index (χ1n) is 10.2. The molecule has 170 valence electrons. The van der Waals surface area contributed by atoms with E-state index in [-0.39, 0.29) is 25.6 Å². The number of H-pyrrole nitrogens is 1. The van der Waals surface area contributed by atoms with Crippen LogP contribution in [0.4, 0.5) is 11.6 Å². The summed E-state index contributed by atoms with van der Waals surface area (Å²) in [6, 6.07) is 14.2. The molecule has 11 heteroatoms. The Balaban J connectivity index is 1.56. The zero-order chi connectivity index (χ0) is 23.4. The molecule has 0 saturated heterocycles. The van der Waals surface area contributed by atoms with Gasteiger partial charge in [0, 0.05) is 11.9 Å². The molecule has 0 aliphatic heterocycles. The van der Waals surface area contributed by atoms with E-state index < -0.39 is 11.4 Å². The number of anilines is 2. The molecule has 0 unspecified atom stereocenters. The molecule has 2 N–H and O–H groups in total. The minimum Gasteiger partial charge on any atom is -0.484 e. The van der Waals surface area contributed by atoms with E-state index in [2.05, 4.69) is 20.5 Å². The maximum atomic E-state index is 13.0. The second-order valence-corrected chi connectivity index (χ2v) is 7.61. The van der Waals surface area contributed by atoms with E-state index in [0.29, 0.717) is 28.2 Å². The maximum absolute atomic E-state index is 13.0. The lowest BCUT2D eigenvalue weighted by Crippen LogP contribution is -2.60. The van der Waals surface area contributed by atoms with E-state index >= 15 is 0 Å². The zero-order valence-electron chi connectivity index (χ0n) is 18.0.